The molecule has 84 valence electrons. The average molecular weight is 232 g/mol. The highest BCUT2D eigenvalue weighted by Gasteiger charge is 2.21. The second-order valence-electron chi connectivity index (χ2n) is 4.36. The van der Waals surface area contributed by atoms with Gasteiger partial charge in [-0.3, -0.25) is 4.70 Å². The molecule has 0 unspecified atom stereocenters. The minimum Gasteiger partial charge on any atom is -0.269 e. The highest BCUT2D eigenvalue weighted by Crippen LogP contribution is 2.27. The molecule has 0 saturated carbocycles. The molecule has 0 aliphatic carbocycles. The maximum absolute atomic E-state index is 2.32. The van der Waals surface area contributed by atoms with Gasteiger partial charge in [-0.15, -0.1) is 0 Å². The molecular formula is C14H17FSi. The van der Waals surface area contributed by atoms with Crippen LogP contribution >= 0.6 is 0 Å². The van der Waals surface area contributed by atoms with Gasteiger partial charge in [-0.05, 0) is 11.1 Å². The van der Waals surface area contributed by atoms with Crippen molar-refractivity contribution in [2.45, 2.75) is 12.0 Å². The molecule has 2 aromatic carbocycles. The second kappa shape index (κ2) is 5.08. The first-order chi connectivity index (χ1) is 7.21. The lowest BCUT2D eigenvalue weighted by Gasteiger charge is -2.26. The minimum atomic E-state index is 0. The van der Waals surface area contributed by atoms with Crippen LogP contribution in [0.5, 0.6) is 0 Å². The monoisotopic (exact) mass is 232 g/mol. The van der Waals surface area contributed by atoms with E-state index in [1.807, 2.05) is 0 Å². The van der Waals surface area contributed by atoms with Crippen molar-refractivity contribution in [2.24, 2.45) is 0 Å². The van der Waals surface area contributed by atoms with E-state index in [1.165, 1.54) is 11.1 Å². The first kappa shape index (κ1) is 12.7. The fourth-order valence-corrected chi connectivity index (χ4v) is 2.54. The van der Waals surface area contributed by atoms with Crippen molar-refractivity contribution < 1.29 is 4.70 Å². The van der Waals surface area contributed by atoms with Crippen LogP contribution < -0.4 is 0 Å². The highest BCUT2D eigenvalue weighted by molar-refractivity contribution is 6.17. The normalized spacial score (nSPS) is 10.8. The Morgan fingerprint density at radius 3 is 1.38 bits per heavy atom. The molecule has 0 bridgehead atoms. The largest absolute Gasteiger partial charge is 0.269 e. The summed E-state index contributed by atoms with van der Waals surface area (Å²) in [5.74, 6) is 0. The Bertz CT molecular complexity index is 382. The zero-order chi connectivity index (χ0) is 10.7. The molecule has 0 nitrogen and oxygen atoms in total. The van der Waals surface area contributed by atoms with Crippen molar-refractivity contribution in [2.75, 3.05) is 0 Å². The number of hydrogen-bond acceptors (Lipinski definition) is 0. The minimum absolute atomic E-state index is 0. The van der Waals surface area contributed by atoms with Crippen LogP contribution in [0.2, 0.25) is 0 Å². The third kappa shape index (κ3) is 2.39. The van der Waals surface area contributed by atoms with Gasteiger partial charge < -0.3 is 0 Å². The Kier molecular flexibility index (Phi) is 4.02. The van der Waals surface area contributed by atoms with Crippen LogP contribution in [0, 0.1) is 0 Å². The van der Waals surface area contributed by atoms with Crippen LogP contribution in [-0.4, -0.2) is 10.2 Å². The third-order valence-electron chi connectivity index (χ3n) is 2.99. The van der Waals surface area contributed by atoms with E-state index < -0.39 is 0 Å². The van der Waals surface area contributed by atoms with Crippen molar-refractivity contribution in [3.05, 3.63) is 71.8 Å². The molecule has 0 aromatic heterocycles. The lowest BCUT2D eigenvalue weighted by Crippen LogP contribution is -2.23. The summed E-state index contributed by atoms with van der Waals surface area (Å²) < 4.78 is 0. The fourth-order valence-electron chi connectivity index (χ4n) is 1.88. The number of rotatable bonds is 2. The van der Waals surface area contributed by atoms with Gasteiger partial charge >= 0.3 is 0 Å². The molecule has 0 spiro atoms. The van der Waals surface area contributed by atoms with Crippen LogP contribution in [-0.2, 0) is 5.04 Å². The van der Waals surface area contributed by atoms with Crippen LogP contribution in [0.15, 0.2) is 60.7 Å². The highest BCUT2D eigenvalue weighted by atomic mass is 28.1. The van der Waals surface area contributed by atoms with Crippen LogP contribution in [0.3, 0.4) is 0 Å². The molecule has 2 rings (SSSR count). The van der Waals surface area contributed by atoms with Gasteiger partial charge in [0, 0.05) is 15.3 Å². The molecule has 16 heavy (non-hydrogen) atoms. The van der Waals surface area contributed by atoms with Crippen molar-refractivity contribution >= 4 is 10.2 Å². The lowest BCUT2D eigenvalue weighted by atomic mass is 9.92. The van der Waals surface area contributed by atoms with Crippen LogP contribution in [0.25, 0.3) is 0 Å². The van der Waals surface area contributed by atoms with Gasteiger partial charge in [0.1, 0.15) is 0 Å². The lowest BCUT2D eigenvalue weighted by molar-refractivity contribution is 0.820. The SMILES string of the molecule is CC([SiH3])(c1ccccc1)c1ccccc1.F. The first-order valence-electron chi connectivity index (χ1n) is 5.32. The van der Waals surface area contributed by atoms with Gasteiger partial charge in [-0.1, -0.05) is 67.6 Å². The molecule has 0 heterocycles. The summed E-state index contributed by atoms with van der Waals surface area (Å²) in [5, 5.41) is 0.225. The van der Waals surface area contributed by atoms with E-state index in [1.54, 1.807) is 0 Å². The first-order valence-corrected chi connectivity index (χ1v) is 6.32. The zero-order valence-corrected chi connectivity index (χ0v) is 11.7. The van der Waals surface area contributed by atoms with Crippen molar-refractivity contribution in [1.82, 2.24) is 0 Å². The summed E-state index contributed by atoms with van der Waals surface area (Å²) in [5.41, 5.74) is 2.84. The van der Waals surface area contributed by atoms with Gasteiger partial charge in [-0.2, -0.15) is 0 Å². The topological polar surface area (TPSA) is 0 Å². The Morgan fingerprint density at radius 1 is 0.750 bits per heavy atom. The Hall–Kier alpha value is -1.41. The average Bonchev–Trinajstić information content (AvgIpc) is 2.31. The smallest absolute Gasteiger partial charge is 0.0214 e. The molecular weight excluding hydrogens is 215 g/mol. The van der Waals surface area contributed by atoms with E-state index in [0.29, 0.717) is 0 Å². The van der Waals surface area contributed by atoms with Gasteiger partial charge in [0.05, 0.1) is 0 Å². The van der Waals surface area contributed by atoms with Crippen molar-refractivity contribution in [1.29, 1.82) is 0 Å². The maximum atomic E-state index is 2.32. The Labute approximate surface area is 99.1 Å². The Morgan fingerprint density at radius 2 is 1.06 bits per heavy atom. The number of hydrogen-bond donors (Lipinski definition) is 0. The van der Waals surface area contributed by atoms with Crippen LogP contribution in [0.1, 0.15) is 18.1 Å². The molecule has 0 aliphatic heterocycles. The summed E-state index contributed by atoms with van der Waals surface area (Å²) in [4.78, 5) is 0. The third-order valence-corrected chi connectivity index (χ3v) is 4.15. The molecule has 2 heteroatoms. The van der Waals surface area contributed by atoms with Crippen LogP contribution in [0.4, 0.5) is 4.70 Å². The van der Waals surface area contributed by atoms with Crippen molar-refractivity contribution in [3.63, 3.8) is 0 Å². The molecule has 0 amide bonds. The molecule has 0 atom stereocenters. The van der Waals surface area contributed by atoms with E-state index in [-0.39, 0.29) is 9.74 Å². The van der Waals surface area contributed by atoms with E-state index in [9.17, 15) is 0 Å². The second-order valence-corrected chi connectivity index (χ2v) is 6.36. The maximum Gasteiger partial charge on any atom is 0.0214 e. The molecule has 2 aromatic rings. The predicted octanol–water partition coefficient (Wildman–Crippen LogP) is 2.47. The van der Waals surface area contributed by atoms with Gasteiger partial charge in [0.2, 0.25) is 0 Å². The van der Waals surface area contributed by atoms with Gasteiger partial charge in [-0.25, -0.2) is 0 Å². The summed E-state index contributed by atoms with van der Waals surface area (Å²) in [6.45, 7) is 2.32. The molecule has 0 saturated heterocycles. The Balaban J connectivity index is 0.00000128. The number of benzene rings is 2. The van der Waals surface area contributed by atoms with E-state index in [2.05, 4.69) is 67.6 Å². The van der Waals surface area contributed by atoms with Gasteiger partial charge in [0.15, 0.2) is 0 Å². The van der Waals surface area contributed by atoms with E-state index in [0.717, 1.165) is 10.2 Å². The molecule has 0 radical (unpaired) electrons. The summed E-state index contributed by atoms with van der Waals surface area (Å²) >= 11 is 0. The van der Waals surface area contributed by atoms with Crippen molar-refractivity contribution in [3.8, 4) is 0 Å². The fraction of sp³-hybridized carbons (Fsp3) is 0.143. The van der Waals surface area contributed by atoms with E-state index in [4.69, 9.17) is 0 Å². The zero-order valence-electron chi connectivity index (χ0n) is 9.68. The standard InChI is InChI=1S/C14H16Si.FH/c1-14(15,12-8-4-2-5-9-12)13-10-6-3-7-11-13;/h2-11H,1,15H3;1H. The molecule has 0 N–H and O–H groups in total. The number of halogens is 1. The predicted molar refractivity (Wildman–Crippen MR) is 71.8 cm³/mol. The van der Waals surface area contributed by atoms with Gasteiger partial charge in [0.25, 0.3) is 0 Å². The molecule has 0 fully saturated rings. The van der Waals surface area contributed by atoms with E-state index >= 15 is 0 Å². The summed E-state index contributed by atoms with van der Waals surface area (Å²) in [7, 11) is 1.12. The summed E-state index contributed by atoms with van der Waals surface area (Å²) in [6, 6.07) is 21.5. The summed E-state index contributed by atoms with van der Waals surface area (Å²) in [6.07, 6.45) is 0. The quantitative estimate of drug-likeness (QED) is 0.698. The molecule has 0 aliphatic rings.